The van der Waals surface area contributed by atoms with E-state index >= 15 is 0 Å². The van der Waals surface area contributed by atoms with Crippen LogP contribution in [-0.4, -0.2) is 70.2 Å². The van der Waals surface area contributed by atoms with E-state index in [0.717, 1.165) is 25.9 Å². The molecule has 2 aliphatic heterocycles. The average Bonchev–Trinajstić information content (AvgIpc) is 3.04. The van der Waals surface area contributed by atoms with Crippen LogP contribution < -0.4 is 11.0 Å². The van der Waals surface area contributed by atoms with Crippen LogP contribution in [0.3, 0.4) is 0 Å². The van der Waals surface area contributed by atoms with Crippen LogP contribution in [0.5, 0.6) is 0 Å². The Morgan fingerprint density at radius 2 is 1.91 bits per heavy atom. The number of β-amino-alcohol motifs (C(OH)–C–C–N with tert-alkyl or cyclic N) is 1. The zero-order valence-electron chi connectivity index (χ0n) is 19.3. The summed E-state index contributed by atoms with van der Waals surface area (Å²) in [6.45, 7) is 8.07. The smallest absolute Gasteiger partial charge is 0.337 e. The Hall–Kier alpha value is -1.58. The Bertz CT molecular complexity index is 1020. The van der Waals surface area contributed by atoms with Crippen molar-refractivity contribution in [1.82, 2.24) is 19.4 Å². The first-order chi connectivity index (χ1) is 15.3. The molecule has 1 aromatic heterocycles. The zero-order chi connectivity index (χ0) is 22.9. The molecule has 2 fully saturated rings. The summed E-state index contributed by atoms with van der Waals surface area (Å²) < 4.78 is 8.17. The van der Waals surface area contributed by atoms with E-state index in [9.17, 15) is 14.7 Å². The first kappa shape index (κ1) is 26.0. The molecule has 0 atom stereocenters. The lowest BCUT2D eigenvalue weighted by atomic mass is 9.91. The normalized spacial score (nSPS) is 19.5. The Labute approximate surface area is 205 Å². The number of amides is 1. The number of hydrogen-bond donors (Lipinski definition) is 2. The van der Waals surface area contributed by atoms with Crippen molar-refractivity contribution in [3.63, 3.8) is 0 Å². The van der Waals surface area contributed by atoms with Crippen LogP contribution >= 0.6 is 24.0 Å². The second-order valence-corrected chi connectivity index (χ2v) is 9.89. The summed E-state index contributed by atoms with van der Waals surface area (Å²) in [6, 6.07) is 4.69. The molecule has 2 N–H and O–H groups in total. The van der Waals surface area contributed by atoms with Gasteiger partial charge < -0.3 is 20.1 Å². The van der Waals surface area contributed by atoms with Gasteiger partial charge in [0.1, 0.15) is 0 Å². The van der Waals surface area contributed by atoms with Crippen LogP contribution in [-0.2, 0) is 4.74 Å². The van der Waals surface area contributed by atoms with Crippen molar-refractivity contribution >= 4 is 41.1 Å². The van der Waals surface area contributed by atoms with Gasteiger partial charge in [0.2, 0.25) is 0 Å². The van der Waals surface area contributed by atoms with Gasteiger partial charge in [-0.1, -0.05) is 11.6 Å². The quantitative estimate of drug-likeness (QED) is 0.657. The van der Waals surface area contributed by atoms with E-state index in [1.54, 1.807) is 22.8 Å². The number of imidazole rings is 1. The zero-order valence-corrected chi connectivity index (χ0v) is 20.8. The molecule has 10 heteroatoms. The number of benzene rings is 1. The molecule has 0 bridgehead atoms. The lowest BCUT2D eigenvalue weighted by Gasteiger charge is -2.39. The fourth-order valence-corrected chi connectivity index (χ4v) is 5.04. The van der Waals surface area contributed by atoms with Crippen LogP contribution in [0, 0.1) is 5.92 Å². The number of carbonyl (C=O) groups is 1. The third-order valence-electron chi connectivity index (χ3n) is 6.75. The van der Waals surface area contributed by atoms with E-state index in [0.29, 0.717) is 61.1 Å². The van der Waals surface area contributed by atoms with E-state index in [1.165, 1.54) is 4.57 Å². The minimum atomic E-state index is -0.646. The summed E-state index contributed by atoms with van der Waals surface area (Å²) in [4.78, 5) is 28.3. The number of aliphatic hydroxyl groups is 1. The van der Waals surface area contributed by atoms with E-state index < -0.39 is 11.6 Å². The number of fused-ring (bicyclic) bond motifs is 1. The van der Waals surface area contributed by atoms with Crippen LogP contribution in [0.2, 0.25) is 5.02 Å². The van der Waals surface area contributed by atoms with Crippen molar-refractivity contribution in [3.05, 3.63) is 33.7 Å². The number of carbonyl (C=O) groups excluding carboxylic acids is 1. The molecule has 0 unspecified atom stereocenters. The van der Waals surface area contributed by atoms with Gasteiger partial charge in [-0.3, -0.25) is 4.57 Å². The molecule has 2 aliphatic rings. The molecular weight excluding hydrogens is 467 g/mol. The lowest BCUT2D eigenvalue weighted by Crippen LogP contribution is -2.49. The predicted molar refractivity (Wildman–Crippen MR) is 132 cm³/mol. The number of halogens is 2. The third-order valence-corrected chi connectivity index (χ3v) is 6.98. The highest BCUT2D eigenvalue weighted by Gasteiger charge is 2.33. The molecule has 0 aliphatic carbocycles. The van der Waals surface area contributed by atoms with Crippen LogP contribution in [0.4, 0.5) is 4.79 Å². The van der Waals surface area contributed by atoms with Gasteiger partial charge in [0.15, 0.2) is 0 Å². The minimum Gasteiger partial charge on any atom is -0.388 e. The summed E-state index contributed by atoms with van der Waals surface area (Å²) >= 11 is 6.14. The SMILES string of the molecule is CC(C)n1c(=O)n(C(=O)NCC2CCN(CC3(O)CCOCC3)CC2)c2cc(Cl)ccc21.Cl. The van der Waals surface area contributed by atoms with Crippen molar-refractivity contribution in [3.8, 4) is 0 Å². The Kier molecular flexibility index (Phi) is 8.50. The van der Waals surface area contributed by atoms with Gasteiger partial charge in [-0.2, -0.15) is 0 Å². The van der Waals surface area contributed by atoms with Crippen LogP contribution in [0.25, 0.3) is 11.0 Å². The molecule has 0 radical (unpaired) electrons. The fourth-order valence-electron chi connectivity index (χ4n) is 4.87. The number of piperidine rings is 1. The molecule has 8 nitrogen and oxygen atoms in total. The fraction of sp³-hybridized carbons (Fsp3) is 0.652. The van der Waals surface area contributed by atoms with Gasteiger partial charge >= 0.3 is 11.7 Å². The van der Waals surface area contributed by atoms with Gasteiger partial charge in [-0.05, 0) is 63.9 Å². The van der Waals surface area contributed by atoms with Gasteiger partial charge in [0.25, 0.3) is 0 Å². The maximum Gasteiger partial charge on any atom is 0.337 e. The topological polar surface area (TPSA) is 88.7 Å². The first-order valence-corrected chi connectivity index (χ1v) is 11.9. The predicted octanol–water partition coefficient (Wildman–Crippen LogP) is 3.27. The second kappa shape index (κ2) is 10.8. The summed E-state index contributed by atoms with van der Waals surface area (Å²) in [7, 11) is 0. The molecule has 0 spiro atoms. The van der Waals surface area contributed by atoms with Crippen LogP contribution in [0.15, 0.2) is 23.0 Å². The summed E-state index contributed by atoms with van der Waals surface area (Å²) in [5, 5.41) is 14.2. The van der Waals surface area contributed by atoms with Crippen molar-refractivity contribution in [2.24, 2.45) is 5.92 Å². The molecule has 2 saturated heterocycles. The number of hydrogen-bond acceptors (Lipinski definition) is 5. The second-order valence-electron chi connectivity index (χ2n) is 9.46. The van der Waals surface area contributed by atoms with Crippen molar-refractivity contribution in [1.29, 1.82) is 0 Å². The number of nitrogens with one attached hydrogen (secondary N) is 1. The average molecular weight is 501 g/mol. The lowest BCUT2D eigenvalue weighted by molar-refractivity contribution is -0.0829. The Morgan fingerprint density at radius 3 is 2.55 bits per heavy atom. The maximum atomic E-state index is 13.0. The molecular formula is C23H34Cl2N4O4. The van der Waals surface area contributed by atoms with Gasteiger partial charge in [0.05, 0.1) is 16.6 Å². The molecule has 1 aromatic carbocycles. The van der Waals surface area contributed by atoms with Crippen molar-refractivity contribution < 1.29 is 14.6 Å². The molecule has 2 aromatic rings. The number of likely N-dealkylation sites (tertiary alicyclic amines) is 1. The minimum absolute atomic E-state index is 0. The molecule has 0 saturated carbocycles. The Balaban J connectivity index is 0.00000306. The number of aromatic nitrogens is 2. The Morgan fingerprint density at radius 1 is 1.24 bits per heavy atom. The molecule has 1 amide bonds. The van der Waals surface area contributed by atoms with E-state index in [2.05, 4.69) is 10.2 Å². The maximum absolute atomic E-state index is 13.0. The standard InChI is InChI=1S/C23H33ClN4O4.ClH/c1-16(2)27-19-4-3-18(24)13-20(19)28(22(27)30)21(29)25-14-17-5-9-26(10-6-17)15-23(31)7-11-32-12-8-23;/h3-4,13,16-17,31H,5-12,14-15H2,1-2H3,(H,25,29);1H. The highest BCUT2D eigenvalue weighted by molar-refractivity contribution is 6.31. The number of ether oxygens (including phenoxy) is 1. The summed E-state index contributed by atoms with van der Waals surface area (Å²) in [5.74, 6) is 0.345. The molecule has 33 heavy (non-hydrogen) atoms. The van der Waals surface area contributed by atoms with Gasteiger partial charge in [0, 0.05) is 50.2 Å². The first-order valence-electron chi connectivity index (χ1n) is 11.5. The highest BCUT2D eigenvalue weighted by Crippen LogP contribution is 2.25. The van der Waals surface area contributed by atoms with E-state index in [4.69, 9.17) is 16.3 Å². The largest absolute Gasteiger partial charge is 0.388 e. The monoisotopic (exact) mass is 500 g/mol. The highest BCUT2D eigenvalue weighted by atomic mass is 35.5. The molecule has 184 valence electrons. The van der Waals surface area contributed by atoms with Crippen molar-refractivity contribution in [2.45, 2.75) is 51.2 Å². The number of rotatable bonds is 5. The van der Waals surface area contributed by atoms with Crippen LogP contribution in [0.1, 0.15) is 45.6 Å². The summed E-state index contributed by atoms with van der Waals surface area (Å²) in [5.41, 5.74) is 0.221. The summed E-state index contributed by atoms with van der Waals surface area (Å²) in [6.07, 6.45) is 3.26. The molecule has 3 heterocycles. The van der Waals surface area contributed by atoms with E-state index in [1.807, 2.05) is 13.8 Å². The third kappa shape index (κ3) is 5.74. The molecule has 4 rings (SSSR count). The van der Waals surface area contributed by atoms with E-state index in [-0.39, 0.29) is 24.1 Å². The van der Waals surface area contributed by atoms with Crippen molar-refractivity contribution in [2.75, 3.05) is 39.4 Å². The van der Waals surface area contributed by atoms with Gasteiger partial charge in [-0.15, -0.1) is 12.4 Å². The number of nitrogens with zero attached hydrogens (tertiary/aromatic N) is 3. The van der Waals surface area contributed by atoms with Gasteiger partial charge in [-0.25, -0.2) is 14.2 Å².